The van der Waals surface area contributed by atoms with Crippen molar-refractivity contribution in [3.63, 3.8) is 0 Å². The Morgan fingerprint density at radius 2 is 1.64 bits per heavy atom. The summed E-state index contributed by atoms with van der Waals surface area (Å²) < 4.78 is 10.6. The smallest absolute Gasteiger partial charge is 0.272 e. The van der Waals surface area contributed by atoms with Crippen molar-refractivity contribution in [2.45, 2.75) is 19.1 Å². The Morgan fingerprint density at radius 3 is 2.25 bits per heavy atom. The fraction of sp³-hybridized carbons (Fsp3) is 0.238. The average Bonchev–Trinajstić information content (AvgIpc) is 2.91. The number of hydrogen-bond acceptors (Lipinski definition) is 5. The van der Waals surface area contributed by atoms with Gasteiger partial charge in [0.25, 0.3) is 11.8 Å². The summed E-state index contributed by atoms with van der Waals surface area (Å²) in [5.41, 5.74) is 1.30. The van der Waals surface area contributed by atoms with Crippen LogP contribution in [0.4, 0.5) is 5.69 Å². The Hall–Kier alpha value is -2.44. The van der Waals surface area contributed by atoms with Crippen molar-refractivity contribution in [3.05, 3.63) is 58.0 Å². The number of carbonyl (C=O) groups is 2. The molecule has 2 amide bonds. The van der Waals surface area contributed by atoms with Gasteiger partial charge in [-0.15, -0.1) is 11.8 Å². The third-order valence-electron chi connectivity index (χ3n) is 4.16. The summed E-state index contributed by atoms with van der Waals surface area (Å²) in [4.78, 5) is 28.0. The van der Waals surface area contributed by atoms with E-state index in [1.165, 1.54) is 18.9 Å². The monoisotopic (exact) mass is 417 g/mol. The largest absolute Gasteiger partial charge is 0.493 e. The van der Waals surface area contributed by atoms with Gasteiger partial charge in [0.2, 0.25) is 0 Å². The van der Waals surface area contributed by atoms with Crippen LogP contribution in [0.15, 0.2) is 47.4 Å². The summed E-state index contributed by atoms with van der Waals surface area (Å²) >= 11 is 7.62. The lowest BCUT2D eigenvalue weighted by atomic mass is 10.1. The topological polar surface area (TPSA) is 55.8 Å². The minimum atomic E-state index is -0.409. The molecular formula is C21H20ClNO4S. The van der Waals surface area contributed by atoms with Crippen LogP contribution in [0.25, 0.3) is 5.57 Å². The maximum Gasteiger partial charge on any atom is 0.272 e. The number of halogens is 1. The number of thioether (sulfide) groups is 1. The number of ether oxygens (including phenoxy) is 2. The van der Waals surface area contributed by atoms with Gasteiger partial charge in [-0.3, -0.25) is 9.59 Å². The number of rotatable bonds is 6. The lowest BCUT2D eigenvalue weighted by Gasteiger charge is -2.17. The van der Waals surface area contributed by atoms with E-state index in [-0.39, 0.29) is 11.2 Å². The van der Waals surface area contributed by atoms with E-state index in [0.717, 1.165) is 4.90 Å². The first-order valence-electron chi connectivity index (χ1n) is 8.65. The summed E-state index contributed by atoms with van der Waals surface area (Å²) in [6.07, 6.45) is 0. The second kappa shape index (κ2) is 8.29. The number of anilines is 1. The first-order chi connectivity index (χ1) is 13.4. The molecule has 0 atom stereocenters. The fourth-order valence-electron chi connectivity index (χ4n) is 2.95. The summed E-state index contributed by atoms with van der Waals surface area (Å²) in [6.45, 7) is 3.94. The second-order valence-corrected chi connectivity index (χ2v) is 8.33. The van der Waals surface area contributed by atoms with Gasteiger partial charge in [-0.25, -0.2) is 4.90 Å². The second-order valence-electron chi connectivity index (χ2n) is 6.34. The van der Waals surface area contributed by atoms with E-state index in [0.29, 0.717) is 38.3 Å². The van der Waals surface area contributed by atoms with Gasteiger partial charge in [-0.05, 0) is 29.8 Å². The Labute approximate surface area is 173 Å². The molecule has 0 aromatic heterocycles. The van der Waals surface area contributed by atoms with Gasteiger partial charge in [0.05, 0.1) is 35.4 Å². The molecule has 0 aliphatic carbocycles. The minimum Gasteiger partial charge on any atom is -0.493 e. The molecule has 7 heteroatoms. The molecule has 0 N–H and O–H groups in total. The van der Waals surface area contributed by atoms with E-state index in [2.05, 4.69) is 0 Å². The SMILES string of the molecule is COc1ccc(C2=C(SC(C)C)C(=O)N(c3ccccc3Cl)C2=O)cc1OC. The van der Waals surface area contributed by atoms with Gasteiger partial charge in [0, 0.05) is 5.25 Å². The summed E-state index contributed by atoms with van der Waals surface area (Å²) in [5, 5.41) is 0.458. The van der Waals surface area contributed by atoms with Crippen molar-refractivity contribution in [3.8, 4) is 11.5 Å². The third-order valence-corrected chi connectivity index (χ3v) is 5.57. The van der Waals surface area contributed by atoms with Crippen LogP contribution in [0.5, 0.6) is 11.5 Å². The van der Waals surface area contributed by atoms with E-state index in [9.17, 15) is 9.59 Å². The molecule has 0 bridgehead atoms. The lowest BCUT2D eigenvalue weighted by molar-refractivity contribution is -0.119. The predicted molar refractivity (Wildman–Crippen MR) is 113 cm³/mol. The van der Waals surface area contributed by atoms with Gasteiger partial charge >= 0.3 is 0 Å². The summed E-state index contributed by atoms with van der Waals surface area (Å²) in [7, 11) is 3.07. The zero-order valence-electron chi connectivity index (χ0n) is 16.0. The number of methoxy groups -OCH3 is 2. The molecule has 0 saturated heterocycles. The summed E-state index contributed by atoms with van der Waals surface area (Å²) in [5.74, 6) is 0.248. The molecule has 1 heterocycles. The third kappa shape index (κ3) is 3.62. The molecule has 5 nitrogen and oxygen atoms in total. The quantitative estimate of drug-likeness (QED) is 0.633. The lowest BCUT2D eigenvalue weighted by Crippen LogP contribution is -2.31. The van der Waals surface area contributed by atoms with Crippen LogP contribution >= 0.6 is 23.4 Å². The van der Waals surface area contributed by atoms with Gasteiger partial charge in [0.1, 0.15) is 0 Å². The van der Waals surface area contributed by atoms with Gasteiger partial charge in [-0.1, -0.05) is 43.6 Å². The van der Waals surface area contributed by atoms with Crippen molar-refractivity contribution in [2.75, 3.05) is 19.1 Å². The van der Waals surface area contributed by atoms with E-state index < -0.39 is 5.91 Å². The zero-order valence-corrected chi connectivity index (χ0v) is 17.6. The minimum absolute atomic E-state index is 0.119. The standard InChI is InChI=1S/C21H20ClNO4S/c1-12(2)28-19-18(13-9-10-16(26-3)17(11-13)27-4)20(24)23(21(19)25)15-8-6-5-7-14(15)22/h5-12H,1-4H3. The molecule has 0 saturated carbocycles. The van der Waals surface area contributed by atoms with E-state index in [1.807, 2.05) is 13.8 Å². The maximum atomic E-state index is 13.3. The predicted octanol–water partition coefficient (Wildman–Crippen LogP) is 4.78. The fourth-order valence-corrected chi connectivity index (χ4v) is 4.16. The molecule has 28 heavy (non-hydrogen) atoms. The number of amides is 2. The Balaban J connectivity index is 2.15. The highest BCUT2D eigenvalue weighted by Crippen LogP contribution is 2.43. The van der Waals surface area contributed by atoms with Crippen LogP contribution in [-0.4, -0.2) is 31.3 Å². The normalized spacial score (nSPS) is 14.3. The molecule has 0 fully saturated rings. The Morgan fingerprint density at radius 1 is 0.964 bits per heavy atom. The Bertz CT molecular complexity index is 971. The molecule has 1 aliphatic rings. The van der Waals surface area contributed by atoms with Crippen molar-refractivity contribution >= 4 is 46.4 Å². The number of imide groups is 1. The number of hydrogen-bond donors (Lipinski definition) is 0. The highest BCUT2D eigenvalue weighted by molar-refractivity contribution is 8.04. The van der Waals surface area contributed by atoms with Gasteiger partial charge < -0.3 is 9.47 Å². The molecule has 0 unspecified atom stereocenters. The molecule has 3 rings (SSSR count). The number of nitrogens with zero attached hydrogens (tertiary/aromatic N) is 1. The van der Waals surface area contributed by atoms with E-state index in [4.69, 9.17) is 21.1 Å². The van der Waals surface area contributed by atoms with E-state index in [1.54, 1.807) is 49.6 Å². The van der Waals surface area contributed by atoms with Crippen molar-refractivity contribution in [1.29, 1.82) is 0 Å². The van der Waals surface area contributed by atoms with Gasteiger partial charge in [0.15, 0.2) is 11.5 Å². The molecule has 1 aliphatic heterocycles. The summed E-state index contributed by atoms with van der Waals surface area (Å²) in [6, 6.07) is 12.0. The van der Waals surface area contributed by atoms with E-state index >= 15 is 0 Å². The highest BCUT2D eigenvalue weighted by atomic mass is 35.5. The van der Waals surface area contributed by atoms with Crippen LogP contribution in [0.1, 0.15) is 19.4 Å². The molecule has 146 valence electrons. The van der Waals surface area contributed by atoms with Gasteiger partial charge in [-0.2, -0.15) is 0 Å². The van der Waals surface area contributed by atoms with Crippen LogP contribution in [0.3, 0.4) is 0 Å². The van der Waals surface area contributed by atoms with Crippen molar-refractivity contribution in [1.82, 2.24) is 0 Å². The van der Waals surface area contributed by atoms with Crippen LogP contribution in [0, 0.1) is 0 Å². The van der Waals surface area contributed by atoms with Crippen LogP contribution < -0.4 is 14.4 Å². The number of para-hydroxylation sites is 1. The molecule has 2 aromatic rings. The van der Waals surface area contributed by atoms with Crippen LogP contribution in [0.2, 0.25) is 5.02 Å². The molecule has 0 spiro atoms. The first kappa shape index (κ1) is 20.3. The zero-order chi connectivity index (χ0) is 20.4. The molecule has 2 aromatic carbocycles. The first-order valence-corrected chi connectivity index (χ1v) is 9.91. The average molecular weight is 418 g/mol. The Kier molecular flexibility index (Phi) is 6.01. The molecular weight excluding hydrogens is 398 g/mol. The number of benzene rings is 2. The number of carbonyl (C=O) groups excluding carboxylic acids is 2. The molecule has 0 radical (unpaired) electrons. The van der Waals surface area contributed by atoms with Crippen molar-refractivity contribution in [2.24, 2.45) is 0 Å². The maximum absolute atomic E-state index is 13.3. The highest BCUT2D eigenvalue weighted by Gasteiger charge is 2.41. The van der Waals surface area contributed by atoms with Crippen LogP contribution in [-0.2, 0) is 9.59 Å². The van der Waals surface area contributed by atoms with Crippen molar-refractivity contribution < 1.29 is 19.1 Å².